The Morgan fingerprint density at radius 3 is 0.721 bits per heavy atom. The molecule has 13 saturated heterocycles. The molecule has 0 aromatic carbocycles. The third-order valence-corrected chi connectivity index (χ3v) is 28.0. The van der Waals surface area contributed by atoms with Crippen molar-refractivity contribution in [2.75, 3.05) is 137 Å². The zero-order chi connectivity index (χ0) is 91.9. The lowest BCUT2D eigenvalue weighted by atomic mass is 10.1. The van der Waals surface area contributed by atoms with Crippen molar-refractivity contribution in [2.45, 2.75) is 271 Å². The van der Waals surface area contributed by atoms with Crippen LogP contribution in [0.2, 0.25) is 0 Å². The van der Waals surface area contributed by atoms with E-state index in [9.17, 15) is 101 Å². The second-order valence-corrected chi connectivity index (χ2v) is 36.0. The lowest BCUT2D eigenvalue weighted by molar-refractivity contribution is -0.148. The molecule has 0 spiro atoms. The van der Waals surface area contributed by atoms with Crippen molar-refractivity contribution in [2.24, 2.45) is 5.73 Å². The minimum atomic E-state index is -1.27. The quantitative estimate of drug-likeness (QED) is 0.0272. The van der Waals surface area contributed by atoms with E-state index < -0.39 is 236 Å². The van der Waals surface area contributed by atoms with E-state index in [4.69, 9.17) is 10.8 Å². The number of carbonyl (C=O) groups is 21. The number of amides is 20. The van der Waals surface area contributed by atoms with Crippen molar-refractivity contribution in [3.8, 4) is 0 Å². The summed E-state index contributed by atoms with van der Waals surface area (Å²) in [5, 5.41) is 33.2. The van der Waals surface area contributed by atoms with Crippen LogP contribution in [0.1, 0.15) is 186 Å². The maximum Gasteiger partial charge on any atom is 0.322 e. The van der Waals surface area contributed by atoms with Crippen LogP contribution in [0.3, 0.4) is 0 Å². The molecule has 44 nitrogen and oxygen atoms in total. The summed E-state index contributed by atoms with van der Waals surface area (Å²) >= 11 is 0. The number of carboxylic acids is 1. The molecule has 129 heavy (non-hydrogen) atoms. The predicted octanol–water partition coefficient (Wildman–Crippen LogP) is -6.86. The van der Waals surface area contributed by atoms with Gasteiger partial charge in [-0.15, -0.1) is 0 Å². The fraction of sp³-hybridized carbons (Fsp3) is 0.753. The third-order valence-electron chi connectivity index (χ3n) is 28.0. The van der Waals surface area contributed by atoms with Gasteiger partial charge in [0.1, 0.15) is 85.1 Å². The van der Waals surface area contributed by atoms with Crippen LogP contribution in [0.25, 0.3) is 0 Å². The van der Waals surface area contributed by atoms with Gasteiger partial charge in [-0.1, -0.05) is 0 Å². The van der Waals surface area contributed by atoms with Gasteiger partial charge in [0.25, 0.3) is 0 Å². The number of carboxylic acid groups (broad SMARTS) is 1. The van der Waals surface area contributed by atoms with Crippen molar-refractivity contribution >= 4 is 124 Å². The molecule has 14 atom stereocenters. The molecule has 13 fully saturated rings. The Morgan fingerprint density at radius 1 is 0.264 bits per heavy atom. The monoisotopic (exact) mass is 1810 g/mol. The Morgan fingerprint density at radius 2 is 0.488 bits per heavy atom. The molecule has 0 aromatic rings. The molecule has 0 unspecified atom stereocenters. The number of aliphatic carboxylic acids is 1. The first kappa shape index (κ1) is 95.4. The molecule has 0 radical (unpaired) electrons. The van der Waals surface area contributed by atoms with Gasteiger partial charge in [-0.05, 0) is 199 Å². The van der Waals surface area contributed by atoms with Crippen LogP contribution in [-0.4, -0.2) is 410 Å². The highest BCUT2D eigenvalue weighted by molar-refractivity contribution is 6.02. The Balaban J connectivity index is 0.517. The normalized spacial score (nSPS) is 26.9. The summed E-state index contributed by atoms with van der Waals surface area (Å²) in [5.74, 6) is -11.7. The minimum Gasteiger partial charge on any atom is -0.480 e. The zero-order valence-corrected chi connectivity index (χ0v) is 73.4. The molecular formula is C85H126N22O22. The molecular weight excluding hydrogens is 1680 g/mol. The second-order valence-electron chi connectivity index (χ2n) is 36.0. The minimum absolute atomic E-state index is 0.123. The number of rotatable bonds is 33. The van der Waals surface area contributed by atoms with Gasteiger partial charge >= 0.3 is 5.97 Å². The molecule has 0 aromatic heterocycles. The molecule has 20 amide bonds. The van der Waals surface area contributed by atoms with Crippen molar-refractivity contribution in [3.05, 3.63) is 0 Å². The van der Waals surface area contributed by atoms with Gasteiger partial charge in [0, 0.05) is 78.5 Å². The first-order valence-electron chi connectivity index (χ1n) is 46.6. The lowest BCUT2D eigenvalue weighted by Gasteiger charge is -2.32. The number of nitrogens with zero attached hydrogens (tertiary/aromatic N) is 12. The molecule has 0 saturated carbocycles. The molecule has 708 valence electrons. The van der Waals surface area contributed by atoms with Gasteiger partial charge in [0.05, 0.1) is 45.3 Å². The number of hydrogen-bond donors (Lipinski definition) is 11. The maximum absolute atomic E-state index is 14.5. The van der Waals surface area contributed by atoms with Crippen LogP contribution in [0.4, 0.5) is 0 Å². The Labute approximate surface area is 747 Å². The van der Waals surface area contributed by atoms with E-state index in [2.05, 4.69) is 47.9 Å². The molecule has 44 heteroatoms. The van der Waals surface area contributed by atoms with Crippen molar-refractivity contribution in [1.29, 1.82) is 0 Å². The number of hydrogen-bond acceptors (Lipinski definition) is 23. The van der Waals surface area contributed by atoms with Gasteiger partial charge in [-0.2, -0.15) is 0 Å². The van der Waals surface area contributed by atoms with E-state index in [-0.39, 0.29) is 148 Å². The van der Waals surface area contributed by atoms with Crippen LogP contribution in [0, 0.1) is 0 Å². The Bertz CT molecular complexity index is 4270. The SMILES string of the molecule is NCCCC[C@H](NC(=O)[C@@H]1CCCN1C(=O)CNC(=O)[C@@H]1CCCN1C(=O)[C@@H]1CCCN1C(=O)CNC(=O)[C@@H]1CCCN1C(=O)[C@@H]1CCCN1C(=O)CNC(=O)[C@@H]1CCCN1C(=O)[C@@H]1CCCN1C(=O)CNC(=O)[C@@H]1CCCN1C(=O)[C@@H]1CCCN1C(=O)CNC(=O)[C@@H]1CCCN1C(=O)[C@@H]1CCCN1C(=O)CNC(=O)[C@@H]1CCCN1C(=O)[C@@H]1CCCN1)C(=O)NCC(=O)O. The van der Waals surface area contributed by atoms with Gasteiger partial charge in [-0.25, -0.2) is 0 Å². The summed E-state index contributed by atoms with van der Waals surface area (Å²) in [6, 6.07) is -12.7. The highest BCUT2D eigenvalue weighted by atomic mass is 16.4. The van der Waals surface area contributed by atoms with Crippen LogP contribution in [-0.2, 0) is 101 Å². The zero-order valence-electron chi connectivity index (χ0n) is 73.4. The first-order valence-corrected chi connectivity index (χ1v) is 46.6. The Hall–Kier alpha value is -11.2. The fourth-order valence-corrected chi connectivity index (χ4v) is 21.4. The first-order chi connectivity index (χ1) is 62.1. The summed E-state index contributed by atoms with van der Waals surface area (Å²) in [6.07, 6.45) is 12.1. The molecule has 0 aliphatic carbocycles. The average molecular weight is 1810 g/mol. The van der Waals surface area contributed by atoms with Crippen molar-refractivity contribution < 1.29 is 106 Å². The smallest absolute Gasteiger partial charge is 0.322 e. The highest BCUT2D eigenvalue weighted by Crippen LogP contribution is 2.33. The fourth-order valence-electron chi connectivity index (χ4n) is 21.4. The molecule has 12 N–H and O–H groups in total. The number of nitrogens with two attached hydrogens (primary N) is 1. The van der Waals surface area contributed by atoms with Crippen molar-refractivity contribution in [1.82, 2.24) is 107 Å². The molecule has 0 bridgehead atoms. The average Bonchev–Trinajstić information content (AvgIpc) is 1.64. The van der Waals surface area contributed by atoms with Gasteiger partial charge in [-0.3, -0.25) is 101 Å². The van der Waals surface area contributed by atoms with Crippen LogP contribution in [0.15, 0.2) is 0 Å². The van der Waals surface area contributed by atoms with Crippen molar-refractivity contribution in [3.63, 3.8) is 0 Å². The van der Waals surface area contributed by atoms with Gasteiger partial charge in [0.15, 0.2) is 0 Å². The van der Waals surface area contributed by atoms with Crippen LogP contribution in [0.5, 0.6) is 0 Å². The largest absolute Gasteiger partial charge is 0.480 e. The predicted molar refractivity (Wildman–Crippen MR) is 451 cm³/mol. The molecule has 13 aliphatic rings. The number of unbranched alkanes of at least 4 members (excludes halogenated alkanes) is 1. The summed E-state index contributed by atoms with van der Waals surface area (Å²) in [6.45, 7) is 0.204. The number of nitrogens with one attached hydrogen (secondary N) is 9. The molecule has 13 heterocycles. The van der Waals surface area contributed by atoms with Crippen LogP contribution >= 0.6 is 0 Å². The Kier molecular flexibility index (Phi) is 32.5. The van der Waals surface area contributed by atoms with E-state index >= 15 is 0 Å². The second kappa shape index (κ2) is 43.9. The number of likely N-dealkylation sites (tertiary alicyclic amines) is 12. The lowest BCUT2D eigenvalue weighted by Crippen LogP contribution is -2.57. The van der Waals surface area contributed by atoms with Crippen LogP contribution < -0.4 is 53.6 Å². The highest BCUT2D eigenvalue weighted by Gasteiger charge is 2.51. The van der Waals surface area contributed by atoms with E-state index in [1.54, 1.807) is 4.90 Å². The third kappa shape index (κ3) is 22.1. The maximum atomic E-state index is 14.5. The molecule has 13 rings (SSSR count). The van der Waals surface area contributed by atoms with Gasteiger partial charge < -0.3 is 117 Å². The van der Waals surface area contributed by atoms with E-state index in [1.807, 2.05) is 0 Å². The topological polar surface area (TPSA) is 552 Å². The standard InChI is InChI=1S/C85H126N22O22/c86-30-2-1-16-51(72(116)94-50-71(114)115)95-79(123)59-24-4-32-96(59)65(108)44-88-74(118)54-19-6-39-103(54)81(125)61-26-12-34-98(61)67(110)46-90-76(120)56-21-8-41-105(56)83(127)63-28-14-36-100(63)69(112)48-92-78(122)58-23-10-43-107(58)85(129)64-29-15-37-101(64)70(113)49-93-77(121)57-22-9-42-106(57)84(128)62-27-13-35-99(62)68(111)47-91-75(119)55-20-7-40-104(55)82(126)60-25-11-33-97(60)66(109)45-89-73(117)53-18-5-38-102(53)80(124)52-17-3-31-87-52/h51-64,87H,1-50,86H2,(H,88,118)(H,89,117)(H,90,120)(H,91,119)(H,92,122)(H,93,121)(H,94,116)(H,95,123)(H,114,115)/t51-,52-,53-,54-,55-,56-,57-,58-,59-,60-,61-,62-,63-,64-/m0/s1. The van der Waals surface area contributed by atoms with E-state index in [1.165, 1.54) is 53.9 Å². The van der Waals surface area contributed by atoms with Gasteiger partial charge in [0.2, 0.25) is 118 Å². The summed E-state index contributed by atoms with van der Waals surface area (Å²) in [4.78, 5) is 305. The summed E-state index contributed by atoms with van der Waals surface area (Å²) in [7, 11) is 0. The summed E-state index contributed by atoms with van der Waals surface area (Å²) in [5.41, 5.74) is 5.61. The molecule has 13 aliphatic heterocycles. The van der Waals surface area contributed by atoms with E-state index in [0.29, 0.717) is 135 Å². The van der Waals surface area contributed by atoms with E-state index in [0.717, 1.165) is 13.0 Å². The summed E-state index contributed by atoms with van der Waals surface area (Å²) < 4.78 is 0. The number of carbonyl (C=O) groups excluding carboxylic acids is 20.